The predicted molar refractivity (Wildman–Crippen MR) is 130 cm³/mol. The van der Waals surface area contributed by atoms with Crippen LogP contribution < -0.4 is 5.32 Å². The van der Waals surface area contributed by atoms with Gasteiger partial charge in [-0.05, 0) is 79.7 Å². The van der Waals surface area contributed by atoms with Gasteiger partial charge in [0.25, 0.3) is 0 Å². The van der Waals surface area contributed by atoms with Crippen molar-refractivity contribution in [3.63, 3.8) is 0 Å². The van der Waals surface area contributed by atoms with Crippen LogP contribution in [-0.2, 0) is 25.7 Å². The molecule has 2 atom stereocenters. The van der Waals surface area contributed by atoms with Crippen molar-refractivity contribution in [1.29, 1.82) is 0 Å². The molecule has 0 aliphatic rings. The van der Waals surface area contributed by atoms with Gasteiger partial charge in [-0.1, -0.05) is 76.1 Å². The van der Waals surface area contributed by atoms with E-state index in [-0.39, 0.29) is 0 Å². The van der Waals surface area contributed by atoms with Gasteiger partial charge >= 0.3 is 0 Å². The maximum Gasteiger partial charge on any atom is 0.0914 e. The largest absolute Gasteiger partial charge is 0.387 e. The second-order valence-electron chi connectivity index (χ2n) is 8.77. The monoisotopic (exact) mass is 409 g/mol. The molecule has 166 valence electrons. The summed E-state index contributed by atoms with van der Waals surface area (Å²) in [6.45, 7) is 9.52. The van der Waals surface area contributed by atoms with Gasteiger partial charge in [-0.15, -0.1) is 0 Å². The van der Waals surface area contributed by atoms with Gasteiger partial charge in [-0.25, -0.2) is 0 Å². The lowest BCUT2D eigenvalue weighted by Crippen LogP contribution is -2.30. The molecule has 0 aromatic heterocycles. The van der Waals surface area contributed by atoms with Crippen LogP contribution in [0.25, 0.3) is 0 Å². The molecule has 0 aliphatic carbocycles. The first-order valence-corrected chi connectivity index (χ1v) is 12.2. The topological polar surface area (TPSA) is 32.3 Å². The fourth-order valence-corrected chi connectivity index (χ4v) is 3.94. The van der Waals surface area contributed by atoms with Crippen molar-refractivity contribution in [1.82, 2.24) is 5.32 Å². The van der Waals surface area contributed by atoms with Gasteiger partial charge in [0.1, 0.15) is 0 Å². The quantitative estimate of drug-likeness (QED) is 0.369. The molecular weight excluding hydrogens is 366 g/mol. The minimum absolute atomic E-state index is 0.383. The number of aliphatic hydroxyl groups excluding tert-OH is 1. The number of aryl methyl sites for hydroxylation is 4. The molecule has 0 aliphatic heterocycles. The Morgan fingerprint density at radius 2 is 1.47 bits per heavy atom. The smallest absolute Gasteiger partial charge is 0.0914 e. The number of nitrogens with one attached hydrogen (secondary N) is 1. The van der Waals surface area contributed by atoms with Crippen LogP contribution in [0.2, 0.25) is 0 Å². The van der Waals surface area contributed by atoms with Crippen LogP contribution in [-0.4, -0.2) is 17.7 Å². The Labute approximate surface area is 185 Å². The summed E-state index contributed by atoms with van der Waals surface area (Å²) in [4.78, 5) is 0. The number of rotatable bonds is 14. The number of unbranched alkanes of at least 4 members (excludes halogenated alkanes) is 2. The van der Waals surface area contributed by atoms with E-state index in [0.29, 0.717) is 12.6 Å². The average molecular weight is 410 g/mol. The third-order valence-electron chi connectivity index (χ3n) is 6.17. The van der Waals surface area contributed by atoms with Crippen LogP contribution in [0.3, 0.4) is 0 Å². The summed E-state index contributed by atoms with van der Waals surface area (Å²) in [7, 11) is 0. The zero-order chi connectivity index (χ0) is 21.8. The second-order valence-corrected chi connectivity index (χ2v) is 8.77. The van der Waals surface area contributed by atoms with Gasteiger partial charge in [-0.2, -0.15) is 0 Å². The molecule has 0 saturated carbocycles. The lowest BCUT2D eigenvalue weighted by atomic mass is 9.93. The van der Waals surface area contributed by atoms with Crippen LogP contribution in [0, 0.1) is 0 Å². The predicted octanol–water partition coefficient (Wildman–Crippen LogP) is 6.58. The molecule has 2 aromatic carbocycles. The van der Waals surface area contributed by atoms with E-state index in [1.165, 1.54) is 55.2 Å². The summed E-state index contributed by atoms with van der Waals surface area (Å²) in [5.41, 5.74) is 6.86. The van der Waals surface area contributed by atoms with E-state index in [4.69, 9.17) is 0 Å². The van der Waals surface area contributed by atoms with E-state index >= 15 is 0 Å². The zero-order valence-corrected chi connectivity index (χ0v) is 19.7. The summed E-state index contributed by atoms with van der Waals surface area (Å²) in [5, 5.41) is 14.0. The van der Waals surface area contributed by atoms with E-state index in [1.807, 2.05) is 0 Å². The van der Waals surface area contributed by atoms with Crippen molar-refractivity contribution in [3.8, 4) is 0 Å². The number of aliphatic hydroxyl groups is 1. The molecule has 0 amide bonds. The number of benzene rings is 2. The summed E-state index contributed by atoms with van der Waals surface area (Å²) in [6.07, 6.45) is 10.2. The highest BCUT2D eigenvalue weighted by molar-refractivity contribution is 5.33. The van der Waals surface area contributed by atoms with E-state index in [2.05, 4.69) is 75.5 Å². The molecule has 30 heavy (non-hydrogen) atoms. The van der Waals surface area contributed by atoms with Gasteiger partial charge in [-0.3, -0.25) is 0 Å². The SMILES string of the molecule is CCCCc1ccc(CCC(C)NCC(O)c2ccc(CC)cc2)c(CCCC)c1. The van der Waals surface area contributed by atoms with Gasteiger partial charge in [0.2, 0.25) is 0 Å². The van der Waals surface area contributed by atoms with E-state index in [0.717, 1.165) is 24.8 Å². The lowest BCUT2D eigenvalue weighted by Gasteiger charge is -2.19. The summed E-state index contributed by atoms with van der Waals surface area (Å²) in [5.74, 6) is 0. The van der Waals surface area contributed by atoms with Crippen molar-refractivity contribution in [2.45, 2.75) is 97.6 Å². The number of hydrogen-bond donors (Lipinski definition) is 2. The van der Waals surface area contributed by atoms with Gasteiger partial charge in [0.05, 0.1) is 6.10 Å². The highest BCUT2D eigenvalue weighted by atomic mass is 16.3. The zero-order valence-electron chi connectivity index (χ0n) is 19.7. The van der Waals surface area contributed by atoms with E-state index in [1.54, 1.807) is 5.56 Å². The molecule has 2 aromatic rings. The minimum atomic E-state index is -0.448. The standard InChI is InChI=1S/C28H43NO/c1-5-8-10-24-15-17-25(27(20-24)11-9-6-2)16-12-22(4)29-21-28(30)26-18-13-23(7-3)14-19-26/h13-15,17-20,22,28-30H,5-12,16,21H2,1-4H3. The number of hydrogen-bond acceptors (Lipinski definition) is 2. The molecule has 0 radical (unpaired) electrons. The van der Waals surface area contributed by atoms with E-state index in [9.17, 15) is 5.11 Å². The highest BCUT2D eigenvalue weighted by Crippen LogP contribution is 2.19. The van der Waals surface area contributed by atoms with Gasteiger partial charge in [0, 0.05) is 12.6 Å². The fraction of sp³-hybridized carbons (Fsp3) is 0.571. The van der Waals surface area contributed by atoms with E-state index < -0.39 is 6.10 Å². The summed E-state index contributed by atoms with van der Waals surface area (Å²) < 4.78 is 0. The van der Waals surface area contributed by atoms with Crippen LogP contribution >= 0.6 is 0 Å². The molecule has 2 nitrogen and oxygen atoms in total. The molecule has 0 spiro atoms. The van der Waals surface area contributed by atoms with Gasteiger partial charge in [0.15, 0.2) is 0 Å². The molecule has 0 bridgehead atoms. The Kier molecular flexibility index (Phi) is 11.2. The Morgan fingerprint density at radius 3 is 2.13 bits per heavy atom. The second kappa shape index (κ2) is 13.6. The fourth-order valence-electron chi connectivity index (χ4n) is 3.94. The lowest BCUT2D eigenvalue weighted by molar-refractivity contribution is 0.170. The Balaban J connectivity index is 1.86. The highest BCUT2D eigenvalue weighted by Gasteiger charge is 2.11. The molecule has 0 heterocycles. The molecule has 0 fully saturated rings. The third kappa shape index (κ3) is 8.24. The van der Waals surface area contributed by atoms with Crippen LogP contribution in [0.1, 0.15) is 93.7 Å². The first kappa shape index (κ1) is 24.6. The van der Waals surface area contributed by atoms with Crippen molar-refractivity contribution >= 4 is 0 Å². The molecule has 2 rings (SSSR count). The molecule has 0 saturated heterocycles. The summed E-state index contributed by atoms with van der Waals surface area (Å²) in [6, 6.07) is 15.9. The Morgan fingerprint density at radius 1 is 0.800 bits per heavy atom. The molecular formula is C28H43NO. The van der Waals surface area contributed by atoms with Crippen LogP contribution in [0.5, 0.6) is 0 Å². The van der Waals surface area contributed by atoms with Crippen molar-refractivity contribution < 1.29 is 5.11 Å². The Bertz CT molecular complexity index is 722. The van der Waals surface area contributed by atoms with Crippen molar-refractivity contribution in [2.24, 2.45) is 0 Å². The normalized spacial score (nSPS) is 13.4. The molecule has 2 N–H and O–H groups in total. The molecule has 2 unspecified atom stereocenters. The van der Waals surface area contributed by atoms with Crippen molar-refractivity contribution in [3.05, 3.63) is 70.3 Å². The maximum atomic E-state index is 10.5. The minimum Gasteiger partial charge on any atom is -0.387 e. The van der Waals surface area contributed by atoms with Crippen LogP contribution in [0.15, 0.2) is 42.5 Å². The molecule has 2 heteroatoms. The Hall–Kier alpha value is -1.64. The first-order valence-electron chi connectivity index (χ1n) is 12.2. The van der Waals surface area contributed by atoms with Crippen LogP contribution in [0.4, 0.5) is 0 Å². The van der Waals surface area contributed by atoms with Gasteiger partial charge < -0.3 is 10.4 Å². The maximum absolute atomic E-state index is 10.5. The summed E-state index contributed by atoms with van der Waals surface area (Å²) >= 11 is 0. The average Bonchev–Trinajstić information content (AvgIpc) is 2.78. The third-order valence-corrected chi connectivity index (χ3v) is 6.17. The first-order chi connectivity index (χ1) is 14.6. The van der Waals surface area contributed by atoms with Crippen molar-refractivity contribution in [2.75, 3.05) is 6.54 Å².